The van der Waals surface area contributed by atoms with Crippen LogP contribution in [0.25, 0.3) is 0 Å². The standard InChI is InChI=1S/C15H31N3/c1-13(2)17-10-8-16(9-11-17)6-5-7-18-12-14(3)15(18)4/h13-15H,5-12H2,1-4H3. The minimum Gasteiger partial charge on any atom is -0.301 e. The first-order valence-electron chi connectivity index (χ1n) is 7.78. The average molecular weight is 253 g/mol. The molecule has 2 atom stereocenters. The second-order valence-electron chi connectivity index (χ2n) is 6.54. The Kier molecular flexibility index (Phi) is 5.05. The molecular weight excluding hydrogens is 222 g/mol. The monoisotopic (exact) mass is 253 g/mol. The van der Waals surface area contributed by atoms with Gasteiger partial charge in [0, 0.05) is 44.8 Å². The Labute approximate surface area is 113 Å². The van der Waals surface area contributed by atoms with E-state index in [2.05, 4.69) is 42.4 Å². The van der Waals surface area contributed by atoms with Crippen LogP contribution in [0.5, 0.6) is 0 Å². The van der Waals surface area contributed by atoms with Crippen molar-refractivity contribution in [3.05, 3.63) is 0 Å². The van der Waals surface area contributed by atoms with Crippen molar-refractivity contribution in [1.82, 2.24) is 14.7 Å². The van der Waals surface area contributed by atoms with Crippen molar-refractivity contribution in [2.75, 3.05) is 45.8 Å². The van der Waals surface area contributed by atoms with Crippen LogP contribution >= 0.6 is 0 Å². The lowest BCUT2D eigenvalue weighted by Gasteiger charge is -2.45. The highest BCUT2D eigenvalue weighted by molar-refractivity contribution is 4.85. The average Bonchev–Trinajstić information content (AvgIpc) is 2.38. The van der Waals surface area contributed by atoms with E-state index in [1.54, 1.807) is 0 Å². The van der Waals surface area contributed by atoms with E-state index in [1.807, 2.05) is 0 Å². The molecule has 0 amide bonds. The van der Waals surface area contributed by atoms with Gasteiger partial charge in [0.2, 0.25) is 0 Å². The van der Waals surface area contributed by atoms with Gasteiger partial charge in [-0.15, -0.1) is 0 Å². The summed E-state index contributed by atoms with van der Waals surface area (Å²) in [6.07, 6.45) is 1.35. The number of rotatable bonds is 5. The van der Waals surface area contributed by atoms with Crippen molar-refractivity contribution in [2.24, 2.45) is 5.92 Å². The van der Waals surface area contributed by atoms with E-state index >= 15 is 0 Å². The van der Waals surface area contributed by atoms with Gasteiger partial charge in [-0.2, -0.15) is 0 Å². The van der Waals surface area contributed by atoms with E-state index in [9.17, 15) is 0 Å². The zero-order valence-corrected chi connectivity index (χ0v) is 12.7. The van der Waals surface area contributed by atoms with Crippen molar-refractivity contribution in [3.8, 4) is 0 Å². The van der Waals surface area contributed by atoms with Crippen LogP contribution in [-0.4, -0.2) is 72.6 Å². The second-order valence-corrected chi connectivity index (χ2v) is 6.54. The molecule has 0 aromatic carbocycles. The molecule has 18 heavy (non-hydrogen) atoms. The summed E-state index contributed by atoms with van der Waals surface area (Å²) >= 11 is 0. The summed E-state index contributed by atoms with van der Waals surface area (Å²) < 4.78 is 0. The highest BCUT2D eigenvalue weighted by Gasteiger charge is 2.30. The second kappa shape index (κ2) is 6.36. The summed E-state index contributed by atoms with van der Waals surface area (Å²) in [7, 11) is 0. The predicted octanol–water partition coefficient (Wildman–Crippen LogP) is 1.74. The predicted molar refractivity (Wildman–Crippen MR) is 78.0 cm³/mol. The fourth-order valence-corrected chi connectivity index (χ4v) is 3.21. The van der Waals surface area contributed by atoms with Crippen molar-refractivity contribution in [1.29, 1.82) is 0 Å². The van der Waals surface area contributed by atoms with Crippen molar-refractivity contribution in [3.63, 3.8) is 0 Å². The third kappa shape index (κ3) is 3.46. The number of nitrogens with zero attached hydrogens (tertiary/aromatic N) is 3. The van der Waals surface area contributed by atoms with Gasteiger partial charge in [0.05, 0.1) is 0 Å². The van der Waals surface area contributed by atoms with Gasteiger partial charge < -0.3 is 4.90 Å². The Hall–Kier alpha value is -0.120. The zero-order chi connectivity index (χ0) is 13.1. The summed E-state index contributed by atoms with van der Waals surface area (Å²) in [5, 5.41) is 0. The van der Waals surface area contributed by atoms with Crippen LogP contribution in [-0.2, 0) is 0 Å². The minimum absolute atomic E-state index is 0.718. The van der Waals surface area contributed by atoms with Gasteiger partial charge in [-0.25, -0.2) is 0 Å². The van der Waals surface area contributed by atoms with Gasteiger partial charge in [0.1, 0.15) is 0 Å². The van der Waals surface area contributed by atoms with Gasteiger partial charge >= 0.3 is 0 Å². The number of hydrogen-bond acceptors (Lipinski definition) is 3. The molecule has 2 heterocycles. The van der Waals surface area contributed by atoms with Crippen molar-refractivity contribution < 1.29 is 0 Å². The van der Waals surface area contributed by atoms with E-state index < -0.39 is 0 Å². The van der Waals surface area contributed by atoms with E-state index in [4.69, 9.17) is 0 Å². The molecule has 2 aliphatic heterocycles. The fraction of sp³-hybridized carbons (Fsp3) is 1.00. The number of likely N-dealkylation sites (tertiary alicyclic amines) is 1. The maximum atomic E-state index is 2.65. The minimum atomic E-state index is 0.718. The SMILES string of the molecule is CC1CN(CCCN2CCN(C(C)C)CC2)C1C. The molecule has 0 saturated carbocycles. The summed E-state index contributed by atoms with van der Waals surface area (Å²) in [6, 6.07) is 1.54. The molecule has 0 aliphatic carbocycles. The van der Waals surface area contributed by atoms with Crippen LogP contribution < -0.4 is 0 Å². The van der Waals surface area contributed by atoms with Crippen LogP contribution in [0.4, 0.5) is 0 Å². The topological polar surface area (TPSA) is 9.72 Å². The Morgan fingerprint density at radius 3 is 2.17 bits per heavy atom. The summed E-state index contributed by atoms with van der Waals surface area (Å²) in [4.78, 5) is 7.87. The Morgan fingerprint density at radius 1 is 1.00 bits per heavy atom. The lowest BCUT2D eigenvalue weighted by Crippen LogP contribution is -2.54. The maximum absolute atomic E-state index is 2.65. The zero-order valence-electron chi connectivity index (χ0n) is 12.7. The van der Waals surface area contributed by atoms with Gasteiger partial charge in [0.25, 0.3) is 0 Å². The molecule has 0 spiro atoms. The smallest absolute Gasteiger partial charge is 0.0113 e. The fourth-order valence-electron chi connectivity index (χ4n) is 3.21. The molecule has 3 heteroatoms. The van der Waals surface area contributed by atoms with Gasteiger partial charge in [-0.3, -0.25) is 9.80 Å². The molecule has 0 radical (unpaired) electrons. The third-order valence-corrected chi connectivity index (χ3v) is 4.98. The lowest BCUT2D eigenvalue weighted by molar-refractivity contribution is 0.0320. The van der Waals surface area contributed by atoms with E-state index in [-0.39, 0.29) is 0 Å². The normalized spacial score (nSPS) is 31.8. The molecule has 0 bridgehead atoms. The molecule has 2 unspecified atom stereocenters. The molecule has 0 aromatic rings. The van der Waals surface area contributed by atoms with Crippen LogP contribution in [0.2, 0.25) is 0 Å². The molecule has 2 saturated heterocycles. The number of hydrogen-bond donors (Lipinski definition) is 0. The molecule has 0 aromatic heterocycles. The van der Waals surface area contributed by atoms with Crippen LogP contribution in [0.1, 0.15) is 34.1 Å². The lowest BCUT2D eigenvalue weighted by atomic mass is 9.92. The van der Waals surface area contributed by atoms with Gasteiger partial charge in [-0.1, -0.05) is 6.92 Å². The first-order chi connectivity index (χ1) is 8.58. The molecule has 2 rings (SSSR count). The highest BCUT2D eigenvalue weighted by atomic mass is 15.3. The van der Waals surface area contributed by atoms with Crippen molar-refractivity contribution in [2.45, 2.75) is 46.2 Å². The quantitative estimate of drug-likeness (QED) is 0.739. The van der Waals surface area contributed by atoms with Crippen LogP contribution in [0.3, 0.4) is 0 Å². The molecular formula is C15H31N3. The Bertz CT molecular complexity index is 246. The maximum Gasteiger partial charge on any atom is 0.0113 e. The van der Waals surface area contributed by atoms with Crippen LogP contribution in [0, 0.1) is 5.92 Å². The largest absolute Gasteiger partial charge is 0.301 e. The highest BCUT2D eigenvalue weighted by Crippen LogP contribution is 2.23. The third-order valence-electron chi connectivity index (χ3n) is 4.98. The number of piperazine rings is 1. The Balaban J connectivity index is 1.56. The first-order valence-corrected chi connectivity index (χ1v) is 7.78. The van der Waals surface area contributed by atoms with E-state index in [1.165, 1.54) is 52.2 Å². The first kappa shape index (κ1) is 14.3. The Morgan fingerprint density at radius 2 is 1.67 bits per heavy atom. The molecule has 106 valence electrons. The molecule has 0 N–H and O–H groups in total. The molecule has 2 aliphatic rings. The van der Waals surface area contributed by atoms with Crippen molar-refractivity contribution >= 4 is 0 Å². The molecule has 3 nitrogen and oxygen atoms in total. The van der Waals surface area contributed by atoms with Gasteiger partial charge in [-0.05, 0) is 46.2 Å². The van der Waals surface area contributed by atoms with E-state index in [0.717, 1.165) is 18.0 Å². The van der Waals surface area contributed by atoms with Crippen LogP contribution in [0.15, 0.2) is 0 Å². The van der Waals surface area contributed by atoms with Gasteiger partial charge in [0.15, 0.2) is 0 Å². The van der Waals surface area contributed by atoms with E-state index in [0.29, 0.717) is 0 Å². The summed E-state index contributed by atoms with van der Waals surface area (Å²) in [5.41, 5.74) is 0. The summed E-state index contributed by atoms with van der Waals surface area (Å²) in [5.74, 6) is 0.916. The molecule has 2 fully saturated rings. The summed E-state index contributed by atoms with van der Waals surface area (Å²) in [6.45, 7) is 18.3.